The van der Waals surface area contributed by atoms with Crippen LogP contribution in [-0.4, -0.2) is 17.4 Å². The number of rotatable bonds is 3. The molecule has 0 fully saturated rings. The third-order valence-electron chi connectivity index (χ3n) is 0.998. The highest BCUT2D eigenvalue weighted by atomic mass is 36.2. The molecule has 0 N–H and O–H groups in total. The van der Waals surface area contributed by atoms with Crippen LogP contribution in [0.3, 0.4) is 0 Å². The summed E-state index contributed by atoms with van der Waals surface area (Å²) in [5.41, 5.74) is 0. The molecule has 0 aromatic heterocycles. The molecular weight excluding hydrogens is 200 g/mol. The van der Waals surface area contributed by atoms with Crippen molar-refractivity contribution in [2.45, 2.75) is 13.8 Å². The average molecular weight is 211 g/mol. The van der Waals surface area contributed by atoms with Gasteiger partial charge >= 0.3 is 0 Å². The van der Waals surface area contributed by atoms with Gasteiger partial charge in [-0.3, -0.25) is 0 Å². The van der Waals surface area contributed by atoms with E-state index in [-0.39, 0.29) is 0 Å². The second-order valence-corrected chi connectivity index (χ2v) is 8.22. The third-order valence-corrected chi connectivity index (χ3v) is 3.86. The molecule has 0 heterocycles. The molecule has 0 bridgehead atoms. The number of hydrogen-bond donors (Lipinski definition) is 0. The van der Waals surface area contributed by atoms with Crippen LogP contribution in [0.25, 0.3) is 0 Å². The van der Waals surface area contributed by atoms with Crippen molar-refractivity contribution in [1.29, 1.82) is 0 Å². The van der Waals surface area contributed by atoms with Gasteiger partial charge in [-0.05, 0) is 32.0 Å². The highest BCUT2D eigenvalue weighted by molar-refractivity contribution is 8.77. The van der Waals surface area contributed by atoms with Gasteiger partial charge in [-0.2, -0.15) is 0 Å². The SMILES string of the molecule is CCN(CC)S(Cl)(Cl)Cl. The van der Waals surface area contributed by atoms with Crippen molar-refractivity contribution < 1.29 is 0 Å². The van der Waals surface area contributed by atoms with Crippen LogP contribution in [-0.2, 0) is 0 Å². The molecule has 9 heavy (non-hydrogen) atoms. The van der Waals surface area contributed by atoms with Gasteiger partial charge in [-0.15, -0.1) is 0 Å². The molecule has 0 spiro atoms. The van der Waals surface area contributed by atoms with Crippen LogP contribution in [0.15, 0.2) is 0 Å². The van der Waals surface area contributed by atoms with Crippen LogP contribution >= 0.6 is 39.9 Å². The van der Waals surface area contributed by atoms with Gasteiger partial charge in [0.25, 0.3) is 0 Å². The molecule has 0 unspecified atom stereocenters. The lowest BCUT2D eigenvalue weighted by atomic mass is 10.7. The number of halogens is 3. The summed E-state index contributed by atoms with van der Waals surface area (Å²) in [7, 11) is 14.9. The molecule has 0 saturated heterocycles. The fourth-order valence-corrected chi connectivity index (χ4v) is 2.86. The maximum Gasteiger partial charge on any atom is 0.0560 e. The summed E-state index contributed by atoms with van der Waals surface area (Å²) in [6.45, 7) is 5.53. The molecule has 0 amide bonds. The van der Waals surface area contributed by atoms with Crippen molar-refractivity contribution in [3.8, 4) is 0 Å². The minimum atomic E-state index is -2.02. The van der Waals surface area contributed by atoms with Crippen molar-refractivity contribution in [2.24, 2.45) is 0 Å². The Morgan fingerprint density at radius 2 is 1.44 bits per heavy atom. The summed E-state index contributed by atoms with van der Waals surface area (Å²) >= 11 is 0. The molecule has 0 aromatic carbocycles. The second-order valence-electron chi connectivity index (χ2n) is 1.50. The van der Waals surface area contributed by atoms with Crippen molar-refractivity contribution in [3.63, 3.8) is 0 Å². The molecule has 1 nitrogen and oxygen atoms in total. The van der Waals surface area contributed by atoms with Gasteiger partial charge in [0.15, 0.2) is 0 Å². The lowest BCUT2D eigenvalue weighted by Gasteiger charge is -2.29. The first kappa shape index (κ1) is 10.2. The summed E-state index contributed by atoms with van der Waals surface area (Å²) in [5.74, 6) is 0. The number of hydrogen-bond acceptors (Lipinski definition) is 1. The maximum atomic E-state index is 5.64. The Morgan fingerprint density at radius 1 is 1.11 bits per heavy atom. The van der Waals surface area contributed by atoms with Crippen LogP contribution in [0.5, 0.6) is 0 Å². The third kappa shape index (κ3) is 3.79. The molecule has 5 heteroatoms. The summed E-state index contributed by atoms with van der Waals surface area (Å²) < 4.78 is 1.82. The summed E-state index contributed by atoms with van der Waals surface area (Å²) in [6, 6.07) is 0. The quantitative estimate of drug-likeness (QED) is 0.689. The van der Waals surface area contributed by atoms with E-state index in [1.54, 1.807) is 0 Å². The van der Waals surface area contributed by atoms with E-state index >= 15 is 0 Å². The van der Waals surface area contributed by atoms with Crippen molar-refractivity contribution >= 4 is 39.9 Å². The zero-order valence-corrected chi connectivity index (χ0v) is 8.49. The predicted molar refractivity (Wildman–Crippen MR) is 48.1 cm³/mol. The first-order chi connectivity index (χ1) is 4.02. The van der Waals surface area contributed by atoms with E-state index in [4.69, 9.17) is 32.0 Å². The van der Waals surface area contributed by atoms with Gasteiger partial charge in [-0.1, -0.05) is 13.8 Å². The zero-order chi connectivity index (χ0) is 7.49. The summed E-state index contributed by atoms with van der Waals surface area (Å²) in [5, 5.41) is 0. The normalized spacial score (nSPS) is 14.4. The maximum absolute atomic E-state index is 5.64. The van der Waals surface area contributed by atoms with Crippen LogP contribution in [0.2, 0.25) is 0 Å². The molecular formula is C4H10Cl3NS. The molecule has 0 aromatic rings. The summed E-state index contributed by atoms with van der Waals surface area (Å²) in [4.78, 5) is 0. The molecule has 58 valence electrons. The van der Waals surface area contributed by atoms with Crippen molar-refractivity contribution in [1.82, 2.24) is 4.31 Å². The second kappa shape index (κ2) is 4.14. The first-order valence-corrected chi connectivity index (χ1v) is 6.76. The largest absolute Gasteiger partial charge is 0.232 e. The van der Waals surface area contributed by atoms with Gasteiger partial charge in [-0.25, -0.2) is 4.31 Å². The average Bonchev–Trinajstić information content (AvgIpc) is 1.65. The van der Waals surface area contributed by atoms with E-state index in [1.165, 1.54) is 0 Å². The molecule has 0 rings (SSSR count). The fraction of sp³-hybridized carbons (Fsp3) is 1.00. The Morgan fingerprint density at radius 3 is 1.44 bits per heavy atom. The van der Waals surface area contributed by atoms with E-state index in [1.807, 2.05) is 18.2 Å². The molecule has 0 aliphatic rings. The van der Waals surface area contributed by atoms with Crippen molar-refractivity contribution in [2.75, 3.05) is 13.1 Å². The Balaban J connectivity index is 3.79. The Kier molecular flexibility index (Phi) is 4.68. The first-order valence-electron chi connectivity index (χ1n) is 2.69. The van der Waals surface area contributed by atoms with E-state index in [0.717, 1.165) is 13.1 Å². The van der Waals surface area contributed by atoms with Crippen LogP contribution in [0.1, 0.15) is 13.8 Å². The van der Waals surface area contributed by atoms with Gasteiger partial charge in [0.1, 0.15) is 0 Å². The van der Waals surface area contributed by atoms with Gasteiger partial charge in [0.05, 0.1) is 7.85 Å². The molecule has 0 atom stereocenters. The van der Waals surface area contributed by atoms with E-state index in [2.05, 4.69) is 0 Å². The van der Waals surface area contributed by atoms with Gasteiger partial charge in [0, 0.05) is 13.1 Å². The molecule has 0 aliphatic heterocycles. The van der Waals surface area contributed by atoms with Crippen LogP contribution in [0, 0.1) is 0 Å². The molecule has 0 aliphatic carbocycles. The van der Waals surface area contributed by atoms with Crippen LogP contribution < -0.4 is 0 Å². The van der Waals surface area contributed by atoms with E-state index in [9.17, 15) is 0 Å². The minimum Gasteiger partial charge on any atom is -0.232 e. The highest BCUT2D eigenvalue weighted by Gasteiger charge is 2.20. The Hall–Kier alpha value is 1.18. The van der Waals surface area contributed by atoms with Gasteiger partial charge < -0.3 is 0 Å². The monoisotopic (exact) mass is 209 g/mol. The van der Waals surface area contributed by atoms with E-state index in [0.29, 0.717) is 0 Å². The highest BCUT2D eigenvalue weighted by Crippen LogP contribution is 2.65. The standard InChI is InChI=1S/C4H10Cl3NS/c1-3-8(4-2)9(5,6)7/h3-4H2,1-2H3. The fourth-order valence-electron chi connectivity index (χ4n) is 0.516. The minimum absolute atomic E-state index is 0.794. The topological polar surface area (TPSA) is 3.24 Å². The zero-order valence-electron chi connectivity index (χ0n) is 5.40. The van der Waals surface area contributed by atoms with Gasteiger partial charge in [0.2, 0.25) is 0 Å². The molecule has 0 saturated carbocycles. The summed E-state index contributed by atoms with van der Waals surface area (Å²) in [6.07, 6.45) is 0. The van der Waals surface area contributed by atoms with E-state index < -0.39 is 7.85 Å². The van der Waals surface area contributed by atoms with Crippen LogP contribution in [0.4, 0.5) is 0 Å². The lowest BCUT2D eigenvalue weighted by molar-refractivity contribution is 0.525. The smallest absolute Gasteiger partial charge is 0.0560 e. The lowest BCUT2D eigenvalue weighted by Crippen LogP contribution is -2.18. The predicted octanol–water partition coefficient (Wildman–Crippen LogP) is 3.51. The number of nitrogens with zero attached hydrogens (tertiary/aromatic N) is 1. The Labute approximate surface area is 71.2 Å². The Bertz CT molecular complexity index is 78.4. The van der Waals surface area contributed by atoms with Crippen molar-refractivity contribution in [3.05, 3.63) is 0 Å². The molecule has 0 radical (unpaired) electrons.